The van der Waals surface area contributed by atoms with Gasteiger partial charge in [0, 0.05) is 39.4 Å². The van der Waals surface area contributed by atoms with Gasteiger partial charge in [0.1, 0.15) is 11.9 Å². The van der Waals surface area contributed by atoms with Gasteiger partial charge < -0.3 is 15.1 Å². The van der Waals surface area contributed by atoms with Crippen LogP contribution in [0.5, 0.6) is 0 Å². The first-order valence-corrected chi connectivity index (χ1v) is 8.18. The van der Waals surface area contributed by atoms with E-state index in [2.05, 4.69) is 26.3 Å². The number of hydrogen-bond donors (Lipinski definition) is 1. The molecule has 1 N–H and O–H groups in total. The minimum atomic E-state index is 0.389. The second-order valence-electron chi connectivity index (χ2n) is 6.17. The van der Waals surface area contributed by atoms with Gasteiger partial charge >= 0.3 is 0 Å². The van der Waals surface area contributed by atoms with Crippen LogP contribution in [0.2, 0.25) is 0 Å². The third kappa shape index (κ3) is 3.57. The average Bonchev–Trinajstić information content (AvgIpc) is 2.62. The Bertz CT molecular complexity index is 728. The highest BCUT2D eigenvalue weighted by molar-refractivity contribution is 5.59. The van der Waals surface area contributed by atoms with Crippen molar-refractivity contribution in [3.63, 3.8) is 0 Å². The molecule has 1 aromatic heterocycles. The molecule has 1 fully saturated rings. The number of anilines is 3. The SMILES string of the molecule is CN(C)c1nccc(NC2CCN(c3ccccc3C#N)CC2)n1. The first-order valence-electron chi connectivity index (χ1n) is 8.18. The second kappa shape index (κ2) is 7.18. The molecule has 3 rings (SSSR count). The summed E-state index contributed by atoms with van der Waals surface area (Å²) < 4.78 is 0. The van der Waals surface area contributed by atoms with E-state index in [-0.39, 0.29) is 0 Å². The number of para-hydroxylation sites is 1. The summed E-state index contributed by atoms with van der Waals surface area (Å²) >= 11 is 0. The zero-order chi connectivity index (χ0) is 16.9. The Balaban J connectivity index is 1.61. The van der Waals surface area contributed by atoms with E-state index < -0.39 is 0 Å². The van der Waals surface area contributed by atoms with E-state index >= 15 is 0 Å². The highest BCUT2D eigenvalue weighted by Gasteiger charge is 2.21. The Morgan fingerprint density at radius 1 is 1.21 bits per heavy atom. The van der Waals surface area contributed by atoms with Crippen LogP contribution in [0, 0.1) is 11.3 Å². The molecule has 0 bridgehead atoms. The predicted molar refractivity (Wildman–Crippen MR) is 96.4 cm³/mol. The predicted octanol–water partition coefficient (Wildman–Crippen LogP) is 2.50. The van der Waals surface area contributed by atoms with E-state index in [0.717, 1.165) is 43.0 Å². The molecule has 0 radical (unpaired) electrons. The van der Waals surface area contributed by atoms with Crippen LogP contribution in [0.3, 0.4) is 0 Å². The minimum absolute atomic E-state index is 0.389. The Morgan fingerprint density at radius 3 is 2.67 bits per heavy atom. The highest BCUT2D eigenvalue weighted by Crippen LogP contribution is 2.24. The van der Waals surface area contributed by atoms with Crippen molar-refractivity contribution in [2.45, 2.75) is 18.9 Å². The number of aromatic nitrogens is 2. The lowest BCUT2D eigenvalue weighted by atomic mass is 10.0. The van der Waals surface area contributed by atoms with Crippen LogP contribution in [0.15, 0.2) is 36.5 Å². The lowest BCUT2D eigenvalue weighted by Crippen LogP contribution is -2.39. The molecule has 1 aliphatic heterocycles. The normalized spacial score (nSPS) is 15.0. The smallest absolute Gasteiger partial charge is 0.226 e. The fourth-order valence-electron chi connectivity index (χ4n) is 2.96. The zero-order valence-corrected chi connectivity index (χ0v) is 14.1. The minimum Gasteiger partial charge on any atom is -0.370 e. The summed E-state index contributed by atoms with van der Waals surface area (Å²) in [4.78, 5) is 12.9. The van der Waals surface area contributed by atoms with Crippen LogP contribution in [0.4, 0.5) is 17.5 Å². The Labute approximate surface area is 142 Å². The summed E-state index contributed by atoms with van der Waals surface area (Å²) in [5.74, 6) is 1.57. The van der Waals surface area contributed by atoms with Crippen LogP contribution < -0.4 is 15.1 Å². The molecule has 2 aromatic rings. The number of hydrogen-bond acceptors (Lipinski definition) is 6. The van der Waals surface area contributed by atoms with Gasteiger partial charge in [-0.15, -0.1) is 0 Å². The van der Waals surface area contributed by atoms with E-state index in [1.165, 1.54) is 0 Å². The van der Waals surface area contributed by atoms with Gasteiger partial charge in [-0.3, -0.25) is 0 Å². The number of nitriles is 1. The van der Waals surface area contributed by atoms with E-state index in [9.17, 15) is 5.26 Å². The maximum Gasteiger partial charge on any atom is 0.226 e. The van der Waals surface area contributed by atoms with Gasteiger partial charge in [-0.25, -0.2) is 4.98 Å². The quantitative estimate of drug-likeness (QED) is 0.933. The molecule has 0 spiro atoms. The summed E-state index contributed by atoms with van der Waals surface area (Å²) in [5.41, 5.74) is 1.78. The fraction of sp³-hybridized carbons (Fsp3) is 0.389. The molecule has 6 nitrogen and oxygen atoms in total. The van der Waals surface area contributed by atoms with Crippen molar-refractivity contribution < 1.29 is 0 Å². The molecule has 0 aliphatic carbocycles. The maximum absolute atomic E-state index is 9.26. The molecule has 0 unspecified atom stereocenters. The molecule has 0 saturated carbocycles. The van der Waals surface area contributed by atoms with Crippen LogP contribution in [-0.4, -0.2) is 43.2 Å². The number of piperidine rings is 1. The molecular weight excluding hydrogens is 300 g/mol. The zero-order valence-electron chi connectivity index (χ0n) is 14.1. The van der Waals surface area contributed by atoms with Crippen LogP contribution in [-0.2, 0) is 0 Å². The molecule has 6 heteroatoms. The second-order valence-corrected chi connectivity index (χ2v) is 6.17. The lowest BCUT2D eigenvalue weighted by molar-refractivity contribution is 0.525. The molecule has 2 heterocycles. The van der Waals surface area contributed by atoms with E-state index in [1.54, 1.807) is 6.20 Å². The highest BCUT2D eigenvalue weighted by atomic mass is 15.2. The molecule has 1 saturated heterocycles. The monoisotopic (exact) mass is 322 g/mol. The van der Waals surface area contributed by atoms with Gasteiger partial charge in [0.15, 0.2) is 0 Å². The van der Waals surface area contributed by atoms with Crippen LogP contribution in [0.25, 0.3) is 0 Å². The third-order valence-electron chi connectivity index (χ3n) is 4.26. The average molecular weight is 322 g/mol. The summed E-state index contributed by atoms with van der Waals surface area (Å²) in [6.07, 6.45) is 3.81. The summed E-state index contributed by atoms with van der Waals surface area (Å²) in [6.45, 7) is 1.87. The Kier molecular flexibility index (Phi) is 4.80. The van der Waals surface area contributed by atoms with E-state index in [4.69, 9.17) is 0 Å². The summed E-state index contributed by atoms with van der Waals surface area (Å²) in [7, 11) is 3.87. The largest absolute Gasteiger partial charge is 0.370 e. The third-order valence-corrected chi connectivity index (χ3v) is 4.26. The molecule has 0 amide bonds. The molecule has 24 heavy (non-hydrogen) atoms. The maximum atomic E-state index is 9.26. The van der Waals surface area contributed by atoms with Crippen molar-refractivity contribution in [2.24, 2.45) is 0 Å². The van der Waals surface area contributed by atoms with Crippen molar-refractivity contribution in [2.75, 3.05) is 42.3 Å². The number of nitrogens with zero attached hydrogens (tertiary/aromatic N) is 5. The van der Waals surface area contributed by atoms with Crippen molar-refractivity contribution in [1.82, 2.24) is 9.97 Å². The van der Waals surface area contributed by atoms with Gasteiger partial charge in [0.05, 0.1) is 11.3 Å². The number of rotatable bonds is 4. The van der Waals surface area contributed by atoms with Crippen LogP contribution >= 0.6 is 0 Å². The van der Waals surface area contributed by atoms with E-state index in [1.807, 2.05) is 49.3 Å². The van der Waals surface area contributed by atoms with E-state index in [0.29, 0.717) is 12.0 Å². The Hall–Kier alpha value is -2.81. The van der Waals surface area contributed by atoms with Crippen molar-refractivity contribution in [3.8, 4) is 6.07 Å². The molecule has 1 aliphatic rings. The number of nitrogens with one attached hydrogen (secondary N) is 1. The number of benzene rings is 1. The summed E-state index contributed by atoms with van der Waals surface area (Å²) in [6, 6.07) is 12.4. The topological polar surface area (TPSA) is 68.1 Å². The lowest BCUT2D eigenvalue weighted by Gasteiger charge is -2.34. The van der Waals surface area contributed by atoms with Gasteiger partial charge in [0.25, 0.3) is 0 Å². The van der Waals surface area contributed by atoms with Gasteiger partial charge in [-0.05, 0) is 31.0 Å². The van der Waals surface area contributed by atoms with Crippen molar-refractivity contribution in [3.05, 3.63) is 42.1 Å². The van der Waals surface area contributed by atoms with Crippen molar-refractivity contribution in [1.29, 1.82) is 5.26 Å². The van der Waals surface area contributed by atoms with Gasteiger partial charge in [-0.1, -0.05) is 12.1 Å². The first kappa shape index (κ1) is 16.1. The van der Waals surface area contributed by atoms with Gasteiger partial charge in [0.2, 0.25) is 5.95 Å². The molecule has 124 valence electrons. The first-order chi connectivity index (χ1) is 11.7. The molecule has 0 atom stereocenters. The summed E-state index contributed by atoms with van der Waals surface area (Å²) in [5, 5.41) is 12.8. The fourth-order valence-corrected chi connectivity index (χ4v) is 2.96. The molecule has 1 aromatic carbocycles. The molecular formula is C18H22N6. The van der Waals surface area contributed by atoms with Crippen LogP contribution in [0.1, 0.15) is 18.4 Å². The standard InChI is InChI=1S/C18H22N6/c1-23(2)18-20-10-7-17(22-18)21-15-8-11-24(12-9-15)16-6-4-3-5-14(16)13-19/h3-7,10,15H,8-9,11-12H2,1-2H3,(H,20,21,22). The Morgan fingerprint density at radius 2 is 1.96 bits per heavy atom. The van der Waals surface area contributed by atoms with Gasteiger partial charge in [-0.2, -0.15) is 10.2 Å². The van der Waals surface area contributed by atoms with Crippen molar-refractivity contribution >= 4 is 17.5 Å².